The minimum atomic E-state index is -0.503. The van der Waals surface area contributed by atoms with Crippen molar-refractivity contribution in [2.45, 2.75) is 20.0 Å². The van der Waals surface area contributed by atoms with Crippen LogP contribution < -0.4 is 10.3 Å². The van der Waals surface area contributed by atoms with Crippen LogP contribution in [0.25, 0.3) is 10.2 Å². The molecule has 3 rings (SSSR count). The number of nitrogens with one attached hydrogen (secondary N) is 1. The number of hydrogen-bond donors (Lipinski definition) is 1. The summed E-state index contributed by atoms with van der Waals surface area (Å²) in [6, 6.07) is 4.77. The molecule has 10 heteroatoms. The van der Waals surface area contributed by atoms with Gasteiger partial charge in [-0.3, -0.25) is 9.69 Å². The summed E-state index contributed by atoms with van der Waals surface area (Å²) in [5.41, 5.74) is 0.996. The number of hydrogen-bond acceptors (Lipinski definition) is 8. The molecule has 0 saturated heterocycles. The number of benzene rings is 1. The smallest absolute Gasteiger partial charge is 0.348 e. The van der Waals surface area contributed by atoms with E-state index in [1.165, 1.54) is 20.3 Å². The molecule has 1 aromatic carbocycles. The lowest BCUT2D eigenvalue weighted by atomic mass is 10.2. The van der Waals surface area contributed by atoms with Gasteiger partial charge in [0, 0.05) is 13.7 Å². The zero-order valence-electron chi connectivity index (χ0n) is 17.8. The van der Waals surface area contributed by atoms with Crippen molar-refractivity contribution in [2.75, 3.05) is 34.5 Å². The standard InChI is InChI=1S/C21H24FN3O5S/c1-12-17-19(26)23-16(24-20(17)31-18(12)21(27)30-8-7-28-3)11-25(2)10-13-5-6-15(29-4)14(22)9-13/h5-6,9H,7-8,10-11H2,1-4H3,(H,23,24,26). The molecule has 0 aliphatic carbocycles. The second kappa shape index (κ2) is 9.99. The van der Waals surface area contributed by atoms with Crippen molar-refractivity contribution in [3.8, 4) is 5.75 Å². The van der Waals surface area contributed by atoms with Crippen molar-refractivity contribution in [1.82, 2.24) is 14.9 Å². The summed E-state index contributed by atoms with van der Waals surface area (Å²) in [5.74, 6) is -0.292. The number of methoxy groups -OCH3 is 2. The summed E-state index contributed by atoms with van der Waals surface area (Å²) in [6.07, 6.45) is 0. The van der Waals surface area contributed by atoms with E-state index in [0.717, 1.165) is 16.9 Å². The maximum absolute atomic E-state index is 13.9. The van der Waals surface area contributed by atoms with Crippen LogP contribution in [0.5, 0.6) is 5.75 Å². The first-order valence-corrected chi connectivity index (χ1v) is 10.3. The highest BCUT2D eigenvalue weighted by atomic mass is 32.1. The minimum Gasteiger partial charge on any atom is -0.494 e. The molecule has 3 aromatic rings. The molecule has 0 radical (unpaired) electrons. The van der Waals surface area contributed by atoms with E-state index in [2.05, 4.69) is 9.97 Å². The number of aryl methyl sites for hydroxylation is 1. The third-order valence-corrected chi connectivity index (χ3v) is 5.81. The van der Waals surface area contributed by atoms with Gasteiger partial charge in [-0.25, -0.2) is 14.2 Å². The fourth-order valence-electron chi connectivity index (χ4n) is 3.17. The number of fused-ring (bicyclic) bond motifs is 1. The first-order chi connectivity index (χ1) is 14.8. The molecule has 2 heterocycles. The van der Waals surface area contributed by atoms with Crippen LogP contribution in [0.1, 0.15) is 26.6 Å². The second-order valence-electron chi connectivity index (χ2n) is 7.02. The van der Waals surface area contributed by atoms with Gasteiger partial charge in [0.2, 0.25) is 0 Å². The molecule has 0 spiro atoms. The molecule has 0 atom stereocenters. The van der Waals surface area contributed by atoms with Crippen LogP contribution in [-0.4, -0.2) is 55.3 Å². The molecule has 0 fully saturated rings. The SMILES string of the molecule is COCCOC(=O)c1sc2nc(CN(C)Cc3ccc(OC)c(F)c3)[nH]c(=O)c2c1C. The molecule has 0 bridgehead atoms. The van der Waals surface area contributed by atoms with E-state index >= 15 is 0 Å². The van der Waals surface area contributed by atoms with E-state index in [4.69, 9.17) is 14.2 Å². The van der Waals surface area contributed by atoms with Crippen molar-refractivity contribution in [1.29, 1.82) is 0 Å². The summed E-state index contributed by atoms with van der Waals surface area (Å²) >= 11 is 1.13. The molecule has 0 saturated carbocycles. The number of carbonyl (C=O) groups excluding carboxylic acids is 1. The average molecular weight is 450 g/mol. The van der Waals surface area contributed by atoms with Crippen LogP contribution in [0.3, 0.4) is 0 Å². The molecule has 8 nitrogen and oxygen atoms in total. The lowest BCUT2D eigenvalue weighted by molar-refractivity contribution is 0.0393. The maximum Gasteiger partial charge on any atom is 0.348 e. The summed E-state index contributed by atoms with van der Waals surface area (Å²) in [4.78, 5) is 34.9. The van der Waals surface area contributed by atoms with Gasteiger partial charge in [0.25, 0.3) is 5.56 Å². The Labute approximate surface area is 182 Å². The quantitative estimate of drug-likeness (QED) is 0.397. The van der Waals surface area contributed by atoms with Gasteiger partial charge in [0.05, 0.1) is 25.6 Å². The molecule has 2 aromatic heterocycles. The Hall–Kier alpha value is -2.82. The van der Waals surface area contributed by atoms with E-state index in [-0.39, 0.29) is 17.9 Å². The van der Waals surface area contributed by atoms with Gasteiger partial charge in [-0.15, -0.1) is 11.3 Å². The number of nitrogens with zero attached hydrogens (tertiary/aromatic N) is 2. The first kappa shape index (κ1) is 22.9. The normalized spacial score (nSPS) is 11.3. The Morgan fingerprint density at radius 1 is 1.26 bits per heavy atom. The molecular formula is C21H24FN3O5S. The number of rotatable bonds is 9. The van der Waals surface area contributed by atoms with Gasteiger partial charge in [-0.05, 0) is 37.2 Å². The molecule has 31 heavy (non-hydrogen) atoms. The number of ether oxygens (including phenoxy) is 3. The molecule has 0 amide bonds. The van der Waals surface area contributed by atoms with E-state index in [1.807, 2.05) is 11.9 Å². The number of carbonyl (C=O) groups is 1. The van der Waals surface area contributed by atoms with E-state index in [0.29, 0.717) is 46.2 Å². The van der Waals surface area contributed by atoms with E-state index in [1.54, 1.807) is 19.1 Å². The zero-order chi connectivity index (χ0) is 22.5. The maximum atomic E-state index is 13.9. The largest absolute Gasteiger partial charge is 0.494 e. The van der Waals surface area contributed by atoms with Crippen molar-refractivity contribution < 1.29 is 23.4 Å². The van der Waals surface area contributed by atoms with Crippen LogP contribution in [-0.2, 0) is 22.6 Å². The highest BCUT2D eigenvalue weighted by Gasteiger charge is 2.20. The van der Waals surface area contributed by atoms with Gasteiger partial charge in [0.1, 0.15) is 22.1 Å². The van der Waals surface area contributed by atoms with Crippen LogP contribution in [0.2, 0.25) is 0 Å². The third kappa shape index (κ3) is 5.27. The average Bonchev–Trinajstić information content (AvgIpc) is 3.05. The number of thiophene rings is 1. The van der Waals surface area contributed by atoms with Crippen molar-refractivity contribution in [3.63, 3.8) is 0 Å². The summed E-state index contributed by atoms with van der Waals surface area (Å²) in [7, 11) is 4.77. The Kier molecular flexibility index (Phi) is 7.37. The minimum absolute atomic E-state index is 0.134. The lowest BCUT2D eigenvalue weighted by Crippen LogP contribution is -2.21. The highest BCUT2D eigenvalue weighted by molar-refractivity contribution is 7.20. The summed E-state index contributed by atoms with van der Waals surface area (Å²) < 4.78 is 28.9. The summed E-state index contributed by atoms with van der Waals surface area (Å²) in [5, 5.41) is 0.382. The van der Waals surface area contributed by atoms with Crippen molar-refractivity contribution in [2.24, 2.45) is 0 Å². The first-order valence-electron chi connectivity index (χ1n) is 9.53. The van der Waals surface area contributed by atoms with Crippen LogP contribution in [0.4, 0.5) is 4.39 Å². The number of H-pyrrole nitrogens is 1. The fraction of sp³-hybridized carbons (Fsp3) is 0.381. The van der Waals surface area contributed by atoms with Gasteiger partial charge < -0.3 is 19.2 Å². The van der Waals surface area contributed by atoms with Gasteiger partial charge in [-0.1, -0.05) is 6.07 Å². The van der Waals surface area contributed by atoms with Crippen molar-refractivity contribution in [3.05, 3.63) is 56.2 Å². The number of aromatic amines is 1. The number of aromatic nitrogens is 2. The van der Waals surface area contributed by atoms with E-state index < -0.39 is 11.8 Å². The zero-order valence-corrected chi connectivity index (χ0v) is 18.6. The Balaban J connectivity index is 1.77. The van der Waals surface area contributed by atoms with Gasteiger partial charge in [0.15, 0.2) is 11.6 Å². The topological polar surface area (TPSA) is 93.8 Å². The molecule has 0 aliphatic rings. The predicted octanol–water partition coefficient (Wildman–Crippen LogP) is 2.88. The van der Waals surface area contributed by atoms with Crippen LogP contribution in [0.15, 0.2) is 23.0 Å². The van der Waals surface area contributed by atoms with Gasteiger partial charge >= 0.3 is 5.97 Å². The van der Waals surface area contributed by atoms with Crippen LogP contribution in [0, 0.1) is 12.7 Å². The molecule has 1 N–H and O–H groups in total. The molecular weight excluding hydrogens is 425 g/mol. The third-order valence-electron chi connectivity index (χ3n) is 4.64. The molecule has 0 aliphatic heterocycles. The monoisotopic (exact) mass is 449 g/mol. The molecule has 166 valence electrons. The van der Waals surface area contributed by atoms with Crippen LogP contribution >= 0.6 is 11.3 Å². The fourth-order valence-corrected chi connectivity index (χ4v) is 4.27. The predicted molar refractivity (Wildman–Crippen MR) is 115 cm³/mol. The van der Waals surface area contributed by atoms with Gasteiger partial charge in [-0.2, -0.15) is 0 Å². The molecule has 0 unspecified atom stereocenters. The second-order valence-corrected chi connectivity index (χ2v) is 8.02. The number of halogens is 1. The summed E-state index contributed by atoms with van der Waals surface area (Å²) in [6.45, 7) is 2.91. The number of esters is 1. The van der Waals surface area contributed by atoms with E-state index in [9.17, 15) is 14.0 Å². The highest BCUT2D eigenvalue weighted by Crippen LogP contribution is 2.28. The Bertz CT molecular complexity index is 1140. The Morgan fingerprint density at radius 3 is 2.71 bits per heavy atom. The van der Waals surface area contributed by atoms with Crippen molar-refractivity contribution >= 4 is 27.5 Å². The lowest BCUT2D eigenvalue weighted by Gasteiger charge is -2.16. The Morgan fingerprint density at radius 2 is 2.03 bits per heavy atom.